The number of nitrogens with zero attached hydrogens (tertiary/aromatic N) is 3. The quantitative estimate of drug-likeness (QED) is 0.605. The smallest absolute Gasteiger partial charge is 0.275 e. The molecule has 3 aromatic rings. The number of carbonyl (C=O) groups is 2. The van der Waals surface area contributed by atoms with Crippen molar-refractivity contribution in [3.8, 4) is 0 Å². The Morgan fingerprint density at radius 1 is 1.12 bits per heavy atom. The number of likely N-dealkylation sites (tertiary alicyclic amines) is 1. The van der Waals surface area contributed by atoms with Gasteiger partial charge in [-0.05, 0) is 31.7 Å². The molecule has 0 unspecified atom stereocenters. The van der Waals surface area contributed by atoms with Crippen molar-refractivity contribution in [2.75, 3.05) is 19.6 Å². The average Bonchev–Trinajstić information content (AvgIpc) is 3.53. The SMILES string of the molecule is Cn1c2ccccc2c2c(C(=O)NCCCN3CCCC3=O)cn(C3CCCC3)c(=O)c21. The molecule has 3 heterocycles. The summed E-state index contributed by atoms with van der Waals surface area (Å²) >= 11 is 0. The molecule has 0 atom stereocenters. The summed E-state index contributed by atoms with van der Waals surface area (Å²) in [6.07, 6.45) is 8.23. The molecular weight excluding hydrogens is 404 g/mol. The zero-order valence-corrected chi connectivity index (χ0v) is 18.6. The monoisotopic (exact) mass is 434 g/mol. The number of hydrogen-bond donors (Lipinski definition) is 1. The molecule has 32 heavy (non-hydrogen) atoms. The van der Waals surface area contributed by atoms with Crippen LogP contribution in [0.25, 0.3) is 21.8 Å². The highest BCUT2D eigenvalue weighted by molar-refractivity contribution is 6.17. The van der Waals surface area contributed by atoms with Crippen LogP contribution in [-0.2, 0) is 11.8 Å². The summed E-state index contributed by atoms with van der Waals surface area (Å²) in [5, 5.41) is 4.70. The first-order chi connectivity index (χ1) is 15.6. The third-order valence-corrected chi connectivity index (χ3v) is 7.11. The second-order valence-corrected chi connectivity index (χ2v) is 9.09. The molecule has 2 amide bonds. The third-order valence-electron chi connectivity index (χ3n) is 7.11. The van der Waals surface area contributed by atoms with Crippen LogP contribution in [0.4, 0.5) is 0 Å². The maximum atomic E-state index is 13.5. The zero-order chi connectivity index (χ0) is 22.2. The van der Waals surface area contributed by atoms with Crippen LogP contribution in [-0.4, -0.2) is 45.5 Å². The number of aromatic nitrogens is 2. The van der Waals surface area contributed by atoms with E-state index >= 15 is 0 Å². The predicted octanol–water partition coefficient (Wildman–Crippen LogP) is 3.35. The number of carbonyl (C=O) groups excluding carboxylic acids is 2. The van der Waals surface area contributed by atoms with E-state index in [0.717, 1.165) is 61.4 Å². The van der Waals surface area contributed by atoms with Gasteiger partial charge in [0.1, 0.15) is 5.52 Å². The molecule has 7 nitrogen and oxygen atoms in total. The highest BCUT2D eigenvalue weighted by Gasteiger charge is 2.25. The fourth-order valence-electron chi connectivity index (χ4n) is 5.43. The summed E-state index contributed by atoms with van der Waals surface area (Å²) in [5.41, 5.74) is 2.08. The highest BCUT2D eigenvalue weighted by Crippen LogP contribution is 2.33. The molecule has 1 N–H and O–H groups in total. The normalized spacial score (nSPS) is 17.2. The molecule has 2 aromatic heterocycles. The van der Waals surface area contributed by atoms with Crippen molar-refractivity contribution in [1.82, 2.24) is 19.4 Å². The van der Waals surface area contributed by atoms with Crippen molar-refractivity contribution in [2.24, 2.45) is 7.05 Å². The molecule has 0 bridgehead atoms. The largest absolute Gasteiger partial charge is 0.352 e. The third kappa shape index (κ3) is 3.49. The number of fused-ring (bicyclic) bond motifs is 3. The summed E-state index contributed by atoms with van der Waals surface area (Å²) in [6, 6.07) is 8.02. The van der Waals surface area contributed by atoms with Crippen LogP contribution in [0, 0.1) is 0 Å². The number of para-hydroxylation sites is 1. The van der Waals surface area contributed by atoms with Gasteiger partial charge in [-0.1, -0.05) is 31.0 Å². The Morgan fingerprint density at radius 3 is 2.66 bits per heavy atom. The van der Waals surface area contributed by atoms with Gasteiger partial charge >= 0.3 is 0 Å². The van der Waals surface area contributed by atoms with Gasteiger partial charge in [0, 0.05) is 61.6 Å². The van der Waals surface area contributed by atoms with Crippen molar-refractivity contribution in [3.05, 3.63) is 46.4 Å². The van der Waals surface area contributed by atoms with Crippen LogP contribution in [0.15, 0.2) is 35.3 Å². The van der Waals surface area contributed by atoms with Gasteiger partial charge in [-0.3, -0.25) is 14.4 Å². The number of rotatable bonds is 6. The Labute approximate surface area is 187 Å². The van der Waals surface area contributed by atoms with Crippen LogP contribution in [0.5, 0.6) is 0 Å². The second-order valence-electron chi connectivity index (χ2n) is 9.09. The van der Waals surface area contributed by atoms with E-state index in [1.165, 1.54) is 0 Å². The fourth-order valence-corrected chi connectivity index (χ4v) is 5.43. The van der Waals surface area contributed by atoms with Crippen LogP contribution in [0.3, 0.4) is 0 Å². The average molecular weight is 435 g/mol. The number of benzene rings is 1. The van der Waals surface area contributed by atoms with Gasteiger partial charge in [-0.2, -0.15) is 0 Å². The molecule has 1 aromatic carbocycles. The molecule has 7 heteroatoms. The summed E-state index contributed by atoms with van der Waals surface area (Å²) in [5.74, 6) is 0.0447. The molecule has 2 fully saturated rings. The van der Waals surface area contributed by atoms with Gasteiger partial charge in [0.25, 0.3) is 11.5 Å². The first-order valence-corrected chi connectivity index (χ1v) is 11.7. The molecule has 1 aliphatic carbocycles. The lowest BCUT2D eigenvalue weighted by molar-refractivity contribution is -0.127. The van der Waals surface area contributed by atoms with E-state index in [1.807, 2.05) is 40.8 Å². The van der Waals surface area contributed by atoms with E-state index in [1.54, 1.807) is 10.8 Å². The zero-order valence-electron chi connectivity index (χ0n) is 18.6. The van der Waals surface area contributed by atoms with Gasteiger partial charge < -0.3 is 19.4 Å². The van der Waals surface area contributed by atoms with Crippen molar-refractivity contribution in [1.29, 1.82) is 0 Å². The minimum atomic E-state index is -0.161. The number of nitrogens with one attached hydrogen (secondary N) is 1. The molecule has 5 rings (SSSR count). The van der Waals surface area contributed by atoms with E-state index < -0.39 is 0 Å². The molecule has 1 saturated carbocycles. The lowest BCUT2D eigenvalue weighted by Crippen LogP contribution is -2.32. The first-order valence-electron chi connectivity index (χ1n) is 11.7. The number of hydrogen-bond acceptors (Lipinski definition) is 3. The Morgan fingerprint density at radius 2 is 1.91 bits per heavy atom. The number of pyridine rings is 1. The molecule has 1 saturated heterocycles. The molecule has 2 aliphatic rings. The lowest BCUT2D eigenvalue weighted by Gasteiger charge is -2.17. The predicted molar refractivity (Wildman–Crippen MR) is 125 cm³/mol. The van der Waals surface area contributed by atoms with Crippen LogP contribution in [0.1, 0.15) is 61.3 Å². The van der Waals surface area contributed by atoms with Crippen LogP contribution < -0.4 is 10.9 Å². The maximum absolute atomic E-state index is 13.5. The van der Waals surface area contributed by atoms with E-state index in [-0.39, 0.29) is 23.4 Å². The number of amides is 2. The van der Waals surface area contributed by atoms with E-state index in [9.17, 15) is 14.4 Å². The highest BCUT2D eigenvalue weighted by atomic mass is 16.2. The topological polar surface area (TPSA) is 76.3 Å². The van der Waals surface area contributed by atoms with Crippen LogP contribution in [0.2, 0.25) is 0 Å². The van der Waals surface area contributed by atoms with Crippen molar-refractivity contribution in [2.45, 2.75) is 51.0 Å². The molecular formula is C25H30N4O3. The number of aryl methyl sites for hydroxylation is 1. The molecule has 1 aliphatic heterocycles. The summed E-state index contributed by atoms with van der Waals surface area (Å²) in [6.45, 7) is 1.98. The minimum absolute atomic E-state index is 0.0188. The van der Waals surface area contributed by atoms with Crippen LogP contribution >= 0.6 is 0 Å². The Kier molecular flexibility index (Phi) is 5.49. The van der Waals surface area contributed by atoms with E-state index in [2.05, 4.69) is 5.32 Å². The maximum Gasteiger partial charge on any atom is 0.275 e. The second kappa shape index (κ2) is 8.45. The van der Waals surface area contributed by atoms with Crippen molar-refractivity contribution < 1.29 is 9.59 Å². The van der Waals surface area contributed by atoms with Gasteiger partial charge in [0.05, 0.1) is 5.56 Å². The summed E-state index contributed by atoms with van der Waals surface area (Å²) in [4.78, 5) is 40.5. The lowest BCUT2D eigenvalue weighted by atomic mass is 10.1. The van der Waals surface area contributed by atoms with E-state index in [0.29, 0.717) is 30.6 Å². The van der Waals surface area contributed by atoms with Crippen molar-refractivity contribution in [3.63, 3.8) is 0 Å². The molecule has 0 radical (unpaired) electrons. The fraction of sp³-hybridized carbons (Fsp3) is 0.480. The Balaban J connectivity index is 1.49. The minimum Gasteiger partial charge on any atom is -0.352 e. The molecule has 168 valence electrons. The van der Waals surface area contributed by atoms with Gasteiger partial charge in [0.15, 0.2) is 0 Å². The first kappa shape index (κ1) is 20.8. The standard InChI is InChI=1S/C25H30N4O3/c1-27-20-11-5-4-10-18(20)22-19(16-29(25(32)23(22)27)17-8-2-3-9-17)24(31)26-13-7-15-28-14-6-12-21(28)30/h4-5,10-11,16-17H,2-3,6-9,12-15H2,1H3,(H,26,31). The van der Waals surface area contributed by atoms with Crippen molar-refractivity contribution >= 4 is 33.6 Å². The van der Waals surface area contributed by atoms with Gasteiger partial charge in [0.2, 0.25) is 5.91 Å². The summed E-state index contributed by atoms with van der Waals surface area (Å²) < 4.78 is 3.72. The van der Waals surface area contributed by atoms with E-state index in [4.69, 9.17) is 0 Å². The van der Waals surface area contributed by atoms with Gasteiger partial charge in [-0.25, -0.2) is 0 Å². The summed E-state index contributed by atoms with van der Waals surface area (Å²) in [7, 11) is 1.90. The van der Waals surface area contributed by atoms with Gasteiger partial charge in [-0.15, -0.1) is 0 Å². The Bertz CT molecular complexity index is 1250. The Hall–Kier alpha value is -3.09. The molecule has 0 spiro atoms.